The predicted octanol–water partition coefficient (Wildman–Crippen LogP) is 4.27. The van der Waals surface area contributed by atoms with Gasteiger partial charge in [0.2, 0.25) is 5.91 Å². The van der Waals surface area contributed by atoms with Gasteiger partial charge in [-0.1, -0.05) is 23.2 Å². The van der Waals surface area contributed by atoms with Crippen LogP contribution in [0.15, 0.2) is 36.8 Å². The molecule has 0 aliphatic carbocycles. The van der Waals surface area contributed by atoms with Crippen LogP contribution >= 0.6 is 23.2 Å². The van der Waals surface area contributed by atoms with Gasteiger partial charge < -0.3 is 30.6 Å². The molecule has 1 fully saturated rings. The Bertz CT molecular complexity index is 1300. The maximum atomic E-state index is 14.0. The van der Waals surface area contributed by atoms with Crippen LogP contribution in [0.3, 0.4) is 0 Å². The van der Waals surface area contributed by atoms with Gasteiger partial charge >= 0.3 is 0 Å². The Morgan fingerprint density at radius 2 is 1.90 bits per heavy atom. The summed E-state index contributed by atoms with van der Waals surface area (Å²) in [5, 5.41) is 4.74. The number of piperidine rings is 1. The molecule has 4 rings (SSSR count). The van der Waals surface area contributed by atoms with Gasteiger partial charge in [0.25, 0.3) is 0 Å². The molecule has 0 saturated carbocycles. The van der Waals surface area contributed by atoms with E-state index in [1.54, 1.807) is 25.4 Å². The fraction of sp³-hybridized carbons (Fsp3) is 0.444. The summed E-state index contributed by atoms with van der Waals surface area (Å²) in [6.45, 7) is 4.69. The van der Waals surface area contributed by atoms with Crippen LogP contribution in [0.1, 0.15) is 37.5 Å². The molecule has 1 saturated heterocycles. The lowest BCUT2D eigenvalue weighted by atomic mass is 10.1. The molecule has 4 N–H and O–H groups in total. The number of carbonyl (C=O) groups is 1. The Hall–Kier alpha value is -2.96. The third-order valence-electron chi connectivity index (χ3n) is 6.66. The first kappa shape index (κ1) is 30.0. The second kappa shape index (κ2) is 14.1. The van der Waals surface area contributed by atoms with Crippen LogP contribution in [0.25, 0.3) is 11.1 Å². The average molecular weight is 596 g/mol. The summed E-state index contributed by atoms with van der Waals surface area (Å²) in [6, 6.07) is 4.54. The van der Waals surface area contributed by atoms with E-state index in [0.29, 0.717) is 50.8 Å². The van der Waals surface area contributed by atoms with Crippen molar-refractivity contribution < 1.29 is 23.4 Å². The summed E-state index contributed by atoms with van der Waals surface area (Å²) >= 11 is 12.4. The van der Waals surface area contributed by atoms with Gasteiger partial charge in [-0.3, -0.25) is 9.48 Å². The lowest BCUT2D eigenvalue weighted by Gasteiger charge is -2.32. The maximum Gasteiger partial charge on any atom is 0.248 e. The third-order valence-corrected chi connectivity index (χ3v) is 7.37. The molecule has 216 valence electrons. The molecule has 13 heteroatoms. The number of hydrogen-bond donors (Lipinski definition) is 2. The van der Waals surface area contributed by atoms with Crippen molar-refractivity contribution in [1.29, 1.82) is 0 Å². The topological polar surface area (TPSA) is 131 Å². The first-order valence-corrected chi connectivity index (χ1v) is 13.8. The second-order valence-electron chi connectivity index (χ2n) is 9.40. The maximum absolute atomic E-state index is 14.0. The summed E-state index contributed by atoms with van der Waals surface area (Å²) < 4.78 is 32.6. The number of ether oxygens (including phenoxy) is 3. The highest BCUT2D eigenvalue weighted by Gasteiger charge is 2.25. The summed E-state index contributed by atoms with van der Waals surface area (Å²) in [5.74, 6) is -0.129. The van der Waals surface area contributed by atoms with Crippen molar-refractivity contribution in [3.8, 4) is 16.9 Å². The van der Waals surface area contributed by atoms with E-state index in [1.165, 1.54) is 12.1 Å². The number of halogens is 3. The molecule has 2 aromatic heterocycles. The minimum atomic E-state index is -0.680. The number of anilines is 1. The minimum absolute atomic E-state index is 0.0334. The van der Waals surface area contributed by atoms with Crippen LogP contribution in [0.4, 0.5) is 10.2 Å². The molecule has 1 aromatic carbocycles. The highest BCUT2D eigenvalue weighted by Crippen LogP contribution is 2.37. The average Bonchev–Trinajstić information content (AvgIpc) is 3.44. The Labute approximate surface area is 242 Å². The normalized spacial score (nSPS) is 14.9. The SMILES string of the molecule is C[C@H](Oc1cc(-c2cnn(C3CCN(C(=O)COCCOCCN)CC3)c2)cnc1N)c1c(Cl)ccc(F)c1Cl. The number of nitrogens with zero attached hydrogens (tertiary/aromatic N) is 4. The number of pyridine rings is 1. The zero-order valence-corrected chi connectivity index (χ0v) is 23.7. The minimum Gasteiger partial charge on any atom is -0.482 e. The molecule has 1 atom stereocenters. The summed E-state index contributed by atoms with van der Waals surface area (Å²) in [4.78, 5) is 18.5. The van der Waals surface area contributed by atoms with Gasteiger partial charge in [0, 0.05) is 53.7 Å². The van der Waals surface area contributed by atoms with Gasteiger partial charge in [0.15, 0.2) is 11.6 Å². The summed E-state index contributed by atoms with van der Waals surface area (Å²) in [7, 11) is 0. The van der Waals surface area contributed by atoms with Crippen LogP contribution in [0, 0.1) is 5.82 Å². The van der Waals surface area contributed by atoms with Crippen LogP contribution in [-0.2, 0) is 14.3 Å². The molecular formula is C27H33Cl2FN6O4. The Morgan fingerprint density at radius 1 is 1.15 bits per heavy atom. The van der Waals surface area contributed by atoms with Gasteiger partial charge in [-0.05, 0) is 38.0 Å². The highest BCUT2D eigenvalue weighted by atomic mass is 35.5. The van der Waals surface area contributed by atoms with Gasteiger partial charge in [-0.2, -0.15) is 5.10 Å². The van der Waals surface area contributed by atoms with Crippen molar-refractivity contribution in [2.45, 2.75) is 31.9 Å². The largest absolute Gasteiger partial charge is 0.482 e. The number of likely N-dealkylation sites (tertiary alicyclic amines) is 1. The number of carbonyl (C=O) groups excluding carboxylic acids is 1. The van der Waals surface area contributed by atoms with E-state index in [-0.39, 0.29) is 34.4 Å². The number of aromatic nitrogens is 3. The zero-order valence-electron chi connectivity index (χ0n) is 22.2. The fourth-order valence-corrected chi connectivity index (χ4v) is 5.17. The van der Waals surface area contributed by atoms with Crippen molar-refractivity contribution >= 4 is 34.9 Å². The van der Waals surface area contributed by atoms with E-state index in [1.807, 2.05) is 15.8 Å². The first-order valence-electron chi connectivity index (χ1n) is 13.0. The molecule has 3 aromatic rings. The van der Waals surface area contributed by atoms with E-state index in [0.717, 1.165) is 24.0 Å². The lowest BCUT2D eigenvalue weighted by Crippen LogP contribution is -2.41. The number of hydrogen-bond acceptors (Lipinski definition) is 8. The molecule has 40 heavy (non-hydrogen) atoms. The van der Waals surface area contributed by atoms with Gasteiger partial charge in [-0.25, -0.2) is 9.37 Å². The second-order valence-corrected chi connectivity index (χ2v) is 10.2. The van der Waals surface area contributed by atoms with Crippen LogP contribution in [0.2, 0.25) is 10.0 Å². The van der Waals surface area contributed by atoms with E-state index < -0.39 is 11.9 Å². The van der Waals surface area contributed by atoms with Gasteiger partial charge in [0.05, 0.1) is 37.1 Å². The molecule has 0 unspecified atom stereocenters. The molecule has 0 bridgehead atoms. The first-order chi connectivity index (χ1) is 19.3. The third kappa shape index (κ3) is 7.41. The van der Waals surface area contributed by atoms with Crippen molar-refractivity contribution in [2.24, 2.45) is 5.73 Å². The Morgan fingerprint density at radius 3 is 2.65 bits per heavy atom. The van der Waals surface area contributed by atoms with Gasteiger partial charge in [0.1, 0.15) is 18.5 Å². The van der Waals surface area contributed by atoms with Crippen molar-refractivity contribution in [1.82, 2.24) is 19.7 Å². The van der Waals surface area contributed by atoms with Crippen molar-refractivity contribution in [3.63, 3.8) is 0 Å². The fourth-order valence-electron chi connectivity index (χ4n) is 4.49. The number of benzene rings is 1. The quantitative estimate of drug-likeness (QED) is 0.235. The van der Waals surface area contributed by atoms with E-state index in [9.17, 15) is 9.18 Å². The van der Waals surface area contributed by atoms with E-state index >= 15 is 0 Å². The number of rotatable bonds is 12. The van der Waals surface area contributed by atoms with Crippen LogP contribution < -0.4 is 16.2 Å². The standard InChI is InChI=1S/C27H33Cl2FN6O4/c1-17(25-21(28)2-3-22(30)26(25)29)40-23-12-18(13-33-27(23)32)19-14-34-36(15-19)20-4-7-35(8-5-20)24(37)16-39-11-10-38-9-6-31/h2-3,12-15,17,20H,4-11,16,31H2,1H3,(H2,32,33)/t17-/m0/s1. The predicted molar refractivity (Wildman–Crippen MR) is 151 cm³/mol. The molecule has 10 nitrogen and oxygen atoms in total. The smallest absolute Gasteiger partial charge is 0.248 e. The molecule has 1 amide bonds. The zero-order chi connectivity index (χ0) is 28.6. The number of nitrogen functional groups attached to an aromatic ring is 1. The molecule has 3 heterocycles. The van der Waals surface area contributed by atoms with Crippen LogP contribution in [0.5, 0.6) is 5.75 Å². The number of amides is 1. The van der Waals surface area contributed by atoms with E-state index in [4.69, 9.17) is 48.9 Å². The molecule has 1 aliphatic rings. The summed E-state index contributed by atoms with van der Waals surface area (Å²) in [5.41, 5.74) is 13.3. The van der Waals surface area contributed by atoms with Crippen molar-refractivity contribution in [2.75, 3.05) is 51.8 Å². The van der Waals surface area contributed by atoms with E-state index in [2.05, 4.69) is 10.1 Å². The van der Waals surface area contributed by atoms with Crippen molar-refractivity contribution in [3.05, 3.63) is 58.2 Å². The molecular weight excluding hydrogens is 562 g/mol. The monoisotopic (exact) mass is 594 g/mol. The Balaban J connectivity index is 1.34. The number of nitrogens with two attached hydrogens (primary N) is 2. The van der Waals surface area contributed by atoms with Crippen LogP contribution in [-0.4, -0.2) is 71.6 Å². The highest BCUT2D eigenvalue weighted by molar-refractivity contribution is 6.36. The lowest BCUT2D eigenvalue weighted by molar-refractivity contribution is -0.138. The molecule has 0 spiro atoms. The molecule has 1 aliphatic heterocycles. The molecule has 0 radical (unpaired) electrons. The Kier molecular flexibility index (Phi) is 10.6. The summed E-state index contributed by atoms with van der Waals surface area (Å²) in [6.07, 6.45) is 6.19. The van der Waals surface area contributed by atoms with Gasteiger partial charge in [-0.15, -0.1) is 0 Å².